The molecule has 0 saturated heterocycles. The molecule has 0 radical (unpaired) electrons. The lowest BCUT2D eigenvalue weighted by molar-refractivity contribution is 0.146. The van der Waals surface area contributed by atoms with Crippen molar-refractivity contribution >= 4 is 0 Å². The van der Waals surface area contributed by atoms with Crippen LogP contribution >= 0.6 is 0 Å². The quantitative estimate of drug-likeness (QED) is 0.409. The first-order valence-electron chi connectivity index (χ1n) is 10.3. The first-order chi connectivity index (χ1) is 14.0. The van der Waals surface area contributed by atoms with Crippen LogP contribution in [-0.4, -0.2) is 20.3 Å². The Balaban J connectivity index is 0.000000219. The van der Waals surface area contributed by atoms with Crippen molar-refractivity contribution < 1.29 is 9.47 Å². The Morgan fingerprint density at radius 1 is 0.552 bits per heavy atom. The standard InChI is InChI=1S/C9H12O2.2C9H12/c1-10-7-8-11-9-5-3-2-4-6-9;2*1-8(2)9-6-4-3-5-7-9/h2-6H,7-8H2,1H3;2*3-8H,1-2H3. The van der Waals surface area contributed by atoms with E-state index in [0.717, 1.165) is 5.75 Å². The highest BCUT2D eigenvalue weighted by atomic mass is 16.5. The zero-order chi connectivity index (χ0) is 21.3. The zero-order valence-electron chi connectivity index (χ0n) is 18.5. The fraction of sp³-hybridized carbons (Fsp3) is 0.333. The third-order valence-corrected chi connectivity index (χ3v) is 4.23. The van der Waals surface area contributed by atoms with E-state index in [0.29, 0.717) is 25.0 Å². The first kappa shape index (κ1) is 24.5. The summed E-state index contributed by atoms with van der Waals surface area (Å²) in [7, 11) is 1.66. The molecule has 156 valence electrons. The highest BCUT2D eigenvalue weighted by Gasteiger charge is 1.94. The molecule has 0 amide bonds. The van der Waals surface area contributed by atoms with Crippen LogP contribution in [0.5, 0.6) is 5.75 Å². The lowest BCUT2D eigenvalue weighted by Gasteiger charge is -2.03. The van der Waals surface area contributed by atoms with Gasteiger partial charge in [0.05, 0.1) is 6.61 Å². The summed E-state index contributed by atoms with van der Waals surface area (Å²) in [4.78, 5) is 0. The van der Waals surface area contributed by atoms with Gasteiger partial charge in [-0.25, -0.2) is 0 Å². The van der Waals surface area contributed by atoms with Crippen LogP contribution in [0.1, 0.15) is 50.7 Å². The minimum absolute atomic E-state index is 0.612. The van der Waals surface area contributed by atoms with E-state index in [9.17, 15) is 0 Å². The predicted octanol–water partition coefficient (Wildman–Crippen LogP) is 7.33. The normalized spacial score (nSPS) is 9.90. The number of methoxy groups -OCH3 is 1. The molecule has 0 bridgehead atoms. The topological polar surface area (TPSA) is 18.5 Å². The molecular formula is C27H36O2. The Bertz CT molecular complexity index is 679. The molecule has 0 aliphatic carbocycles. The number of ether oxygens (including phenoxy) is 2. The van der Waals surface area contributed by atoms with E-state index in [1.807, 2.05) is 42.5 Å². The molecule has 0 aromatic heterocycles. The van der Waals surface area contributed by atoms with Crippen LogP contribution in [0.2, 0.25) is 0 Å². The van der Waals surface area contributed by atoms with E-state index in [1.165, 1.54) is 11.1 Å². The second kappa shape index (κ2) is 15.4. The van der Waals surface area contributed by atoms with Crippen molar-refractivity contribution in [1.82, 2.24) is 0 Å². The van der Waals surface area contributed by atoms with Crippen molar-refractivity contribution in [3.05, 3.63) is 102 Å². The fourth-order valence-corrected chi connectivity index (χ4v) is 2.44. The maximum Gasteiger partial charge on any atom is 0.119 e. The maximum atomic E-state index is 5.32. The van der Waals surface area contributed by atoms with E-state index in [4.69, 9.17) is 9.47 Å². The highest BCUT2D eigenvalue weighted by Crippen LogP contribution is 2.12. The van der Waals surface area contributed by atoms with Gasteiger partial charge in [0.1, 0.15) is 12.4 Å². The number of benzene rings is 3. The van der Waals surface area contributed by atoms with Crippen molar-refractivity contribution in [2.45, 2.75) is 39.5 Å². The van der Waals surface area contributed by atoms with Gasteiger partial charge in [0.15, 0.2) is 0 Å². The highest BCUT2D eigenvalue weighted by molar-refractivity contribution is 5.21. The van der Waals surface area contributed by atoms with Gasteiger partial charge < -0.3 is 9.47 Å². The molecule has 3 rings (SSSR count). The molecule has 0 spiro atoms. The SMILES string of the molecule is CC(C)c1ccccc1.CC(C)c1ccccc1.COCCOc1ccccc1. The molecule has 3 aromatic rings. The van der Waals surface area contributed by atoms with Crippen molar-refractivity contribution in [2.75, 3.05) is 20.3 Å². The van der Waals surface area contributed by atoms with Crippen LogP contribution in [0.25, 0.3) is 0 Å². The van der Waals surface area contributed by atoms with Gasteiger partial charge in [-0.1, -0.05) is 107 Å². The van der Waals surface area contributed by atoms with E-state index in [1.54, 1.807) is 7.11 Å². The second-order valence-corrected chi connectivity index (χ2v) is 7.29. The molecular weight excluding hydrogens is 356 g/mol. The Labute approximate surface area is 177 Å². The van der Waals surface area contributed by atoms with Gasteiger partial charge >= 0.3 is 0 Å². The van der Waals surface area contributed by atoms with Gasteiger partial charge in [-0.2, -0.15) is 0 Å². The molecule has 2 nitrogen and oxygen atoms in total. The average Bonchev–Trinajstić information content (AvgIpc) is 2.77. The summed E-state index contributed by atoms with van der Waals surface area (Å²) < 4.78 is 10.2. The maximum absolute atomic E-state index is 5.32. The summed E-state index contributed by atoms with van der Waals surface area (Å²) in [6.07, 6.45) is 0. The van der Waals surface area contributed by atoms with Gasteiger partial charge in [-0.3, -0.25) is 0 Å². The van der Waals surface area contributed by atoms with E-state index in [-0.39, 0.29) is 0 Å². The first-order valence-corrected chi connectivity index (χ1v) is 10.3. The van der Waals surface area contributed by atoms with Gasteiger partial charge in [0.25, 0.3) is 0 Å². The monoisotopic (exact) mass is 392 g/mol. The van der Waals surface area contributed by atoms with Crippen molar-refractivity contribution in [3.8, 4) is 5.75 Å². The molecule has 0 fully saturated rings. The summed E-state index contributed by atoms with van der Waals surface area (Å²) in [5.41, 5.74) is 2.83. The van der Waals surface area contributed by atoms with E-state index in [2.05, 4.69) is 76.2 Å². The number of rotatable bonds is 6. The van der Waals surface area contributed by atoms with E-state index < -0.39 is 0 Å². The van der Waals surface area contributed by atoms with Gasteiger partial charge in [0, 0.05) is 7.11 Å². The predicted molar refractivity (Wildman–Crippen MR) is 125 cm³/mol. The summed E-state index contributed by atoms with van der Waals surface area (Å²) >= 11 is 0. The molecule has 0 atom stereocenters. The van der Waals surface area contributed by atoms with E-state index >= 15 is 0 Å². The number of para-hydroxylation sites is 1. The second-order valence-electron chi connectivity index (χ2n) is 7.29. The average molecular weight is 393 g/mol. The lowest BCUT2D eigenvalue weighted by Crippen LogP contribution is -2.03. The Kier molecular flexibility index (Phi) is 13.0. The Morgan fingerprint density at radius 3 is 1.24 bits per heavy atom. The van der Waals surface area contributed by atoms with Crippen LogP contribution < -0.4 is 4.74 Å². The largest absolute Gasteiger partial charge is 0.491 e. The molecule has 2 heteroatoms. The summed E-state index contributed by atoms with van der Waals surface area (Å²) in [6.45, 7) is 10.1. The van der Waals surface area contributed by atoms with Crippen LogP contribution in [0.4, 0.5) is 0 Å². The van der Waals surface area contributed by atoms with Crippen LogP contribution in [-0.2, 0) is 4.74 Å². The van der Waals surface area contributed by atoms with Crippen LogP contribution in [0, 0.1) is 0 Å². The van der Waals surface area contributed by atoms with Crippen LogP contribution in [0.15, 0.2) is 91.0 Å². The summed E-state index contributed by atoms with van der Waals surface area (Å²) in [6, 6.07) is 30.7. The third-order valence-electron chi connectivity index (χ3n) is 4.23. The third kappa shape index (κ3) is 11.8. The van der Waals surface area contributed by atoms with Crippen molar-refractivity contribution in [1.29, 1.82) is 0 Å². The summed E-state index contributed by atoms with van der Waals surface area (Å²) in [5.74, 6) is 2.21. The molecule has 0 unspecified atom stereocenters. The van der Waals surface area contributed by atoms with Crippen molar-refractivity contribution in [2.24, 2.45) is 0 Å². The Morgan fingerprint density at radius 2 is 0.931 bits per heavy atom. The minimum Gasteiger partial charge on any atom is -0.491 e. The van der Waals surface area contributed by atoms with Crippen LogP contribution in [0.3, 0.4) is 0 Å². The molecule has 0 aliphatic rings. The number of hydrogen-bond donors (Lipinski definition) is 0. The molecule has 0 aliphatic heterocycles. The Hall–Kier alpha value is -2.58. The molecule has 0 heterocycles. The molecule has 0 N–H and O–H groups in total. The summed E-state index contributed by atoms with van der Waals surface area (Å²) in [5, 5.41) is 0. The molecule has 3 aromatic carbocycles. The fourth-order valence-electron chi connectivity index (χ4n) is 2.44. The van der Waals surface area contributed by atoms with Gasteiger partial charge in [-0.15, -0.1) is 0 Å². The lowest BCUT2D eigenvalue weighted by atomic mass is 10.0. The number of hydrogen-bond acceptors (Lipinski definition) is 2. The zero-order valence-corrected chi connectivity index (χ0v) is 18.5. The smallest absolute Gasteiger partial charge is 0.119 e. The molecule has 0 saturated carbocycles. The van der Waals surface area contributed by atoms with Gasteiger partial charge in [0.2, 0.25) is 0 Å². The van der Waals surface area contributed by atoms with Crippen molar-refractivity contribution in [3.63, 3.8) is 0 Å². The van der Waals surface area contributed by atoms with Gasteiger partial charge in [-0.05, 0) is 35.1 Å². The molecule has 29 heavy (non-hydrogen) atoms. The minimum atomic E-state index is 0.612.